The Balaban J connectivity index is 1.68. The van der Waals surface area contributed by atoms with Gasteiger partial charge in [0.05, 0.1) is 17.8 Å². The molecule has 0 radical (unpaired) electrons. The number of aromatic nitrogens is 3. The number of nitrogens with one attached hydrogen (secondary N) is 1. The summed E-state index contributed by atoms with van der Waals surface area (Å²) in [6.07, 6.45) is 3.61. The van der Waals surface area contributed by atoms with Crippen molar-refractivity contribution < 1.29 is 5.11 Å². The first kappa shape index (κ1) is 20.2. The molecule has 32 heavy (non-hydrogen) atoms. The predicted octanol–water partition coefficient (Wildman–Crippen LogP) is 4.77. The van der Waals surface area contributed by atoms with Crippen molar-refractivity contribution in [1.82, 2.24) is 19.9 Å². The Kier molecular flexibility index (Phi) is 5.11. The minimum absolute atomic E-state index is 0.120. The summed E-state index contributed by atoms with van der Waals surface area (Å²) in [4.78, 5) is 11.3. The van der Waals surface area contributed by atoms with Gasteiger partial charge in [-0.2, -0.15) is 0 Å². The molecule has 0 saturated carbocycles. The number of hydrogen-bond acceptors (Lipinski definition) is 4. The minimum Gasteiger partial charge on any atom is -0.508 e. The molecule has 2 atom stereocenters. The van der Waals surface area contributed by atoms with Crippen LogP contribution in [0.2, 0.25) is 0 Å². The number of rotatable bonds is 4. The molecule has 4 aromatic rings. The molecule has 0 aliphatic carbocycles. The van der Waals surface area contributed by atoms with Crippen LogP contribution in [0.4, 0.5) is 5.69 Å². The summed E-state index contributed by atoms with van der Waals surface area (Å²) in [5.41, 5.74) is 5.17. The van der Waals surface area contributed by atoms with E-state index in [0.29, 0.717) is 5.11 Å². The Labute approximate surface area is 192 Å². The molecule has 1 aromatic carbocycles. The number of phenols is 1. The van der Waals surface area contributed by atoms with Crippen molar-refractivity contribution >= 4 is 23.0 Å². The normalized spacial score (nSPS) is 18.1. The first-order valence-electron chi connectivity index (χ1n) is 10.4. The molecule has 4 heterocycles. The number of aryl methyl sites for hydroxylation is 1. The van der Waals surface area contributed by atoms with E-state index in [1.54, 1.807) is 24.5 Å². The van der Waals surface area contributed by atoms with Crippen molar-refractivity contribution in [3.8, 4) is 11.6 Å². The summed E-state index contributed by atoms with van der Waals surface area (Å²) < 4.78 is 2.17. The zero-order valence-electron chi connectivity index (χ0n) is 17.8. The second-order valence-electron chi connectivity index (χ2n) is 7.86. The fourth-order valence-electron chi connectivity index (χ4n) is 4.49. The fraction of sp³-hybridized carbons (Fsp3) is 0.160. The lowest BCUT2D eigenvalue weighted by Gasteiger charge is -2.28. The van der Waals surface area contributed by atoms with E-state index in [1.165, 1.54) is 0 Å². The number of hydrogen-bond donors (Lipinski definition) is 2. The Morgan fingerprint density at radius 1 is 0.938 bits per heavy atom. The lowest BCUT2D eigenvalue weighted by atomic mass is 9.96. The number of anilines is 1. The first-order chi connectivity index (χ1) is 15.5. The number of benzene rings is 1. The highest BCUT2D eigenvalue weighted by molar-refractivity contribution is 7.80. The number of aromatic hydroxyl groups is 1. The molecule has 1 aliphatic heterocycles. The Morgan fingerprint density at radius 3 is 2.31 bits per heavy atom. The molecule has 160 valence electrons. The second kappa shape index (κ2) is 8.09. The highest BCUT2D eigenvalue weighted by Gasteiger charge is 2.42. The number of pyridine rings is 2. The monoisotopic (exact) mass is 441 g/mol. The van der Waals surface area contributed by atoms with Gasteiger partial charge in [0, 0.05) is 29.5 Å². The third-order valence-electron chi connectivity index (χ3n) is 5.89. The van der Waals surface area contributed by atoms with Gasteiger partial charge in [-0.25, -0.2) is 4.98 Å². The third kappa shape index (κ3) is 3.40. The summed E-state index contributed by atoms with van der Waals surface area (Å²) >= 11 is 5.79. The zero-order chi connectivity index (χ0) is 22.2. The topological polar surface area (TPSA) is 66.2 Å². The smallest absolute Gasteiger partial charge is 0.174 e. The molecule has 2 unspecified atom stereocenters. The van der Waals surface area contributed by atoms with Gasteiger partial charge in [-0.15, -0.1) is 0 Å². The predicted molar refractivity (Wildman–Crippen MR) is 129 cm³/mol. The number of nitrogens with zero attached hydrogens (tertiary/aromatic N) is 4. The zero-order valence-corrected chi connectivity index (χ0v) is 18.6. The molecule has 3 aromatic heterocycles. The second-order valence-corrected chi connectivity index (χ2v) is 8.25. The Hall–Kier alpha value is -3.71. The van der Waals surface area contributed by atoms with Crippen LogP contribution >= 0.6 is 12.2 Å². The lowest BCUT2D eigenvalue weighted by Crippen LogP contribution is -2.29. The van der Waals surface area contributed by atoms with Crippen molar-refractivity contribution in [3.05, 3.63) is 102 Å². The summed E-state index contributed by atoms with van der Waals surface area (Å²) in [6.45, 7) is 4.20. The third-order valence-corrected chi connectivity index (χ3v) is 6.21. The van der Waals surface area contributed by atoms with E-state index >= 15 is 0 Å². The maximum atomic E-state index is 9.80. The van der Waals surface area contributed by atoms with Crippen LogP contribution in [-0.4, -0.2) is 24.8 Å². The van der Waals surface area contributed by atoms with Gasteiger partial charge in [0.2, 0.25) is 0 Å². The molecule has 1 saturated heterocycles. The first-order valence-corrected chi connectivity index (χ1v) is 10.9. The molecule has 0 amide bonds. The fourth-order valence-corrected chi connectivity index (χ4v) is 4.83. The Bertz CT molecular complexity index is 1260. The van der Waals surface area contributed by atoms with Gasteiger partial charge in [-0.05, 0) is 86.2 Å². The van der Waals surface area contributed by atoms with Crippen molar-refractivity contribution in [3.63, 3.8) is 0 Å². The van der Waals surface area contributed by atoms with Crippen molar-refractivity contribution in [2.75, 3.05) is 4.90 Å². The van der Waals surface area contributed by atoms with E-state index < -0.39 is 0 Å². The van der Waals surface area contributed by atoms with Crippen LogP contribution < -0.4 is 10.2 Å². The summed E-state index contributed by atoms with van der Waals surface area (Å²) in [7, 11) is 0. The largest absolute Gasteiger partial charge is 0.508 e. The van der Waals surface area contributed by atoms with Crippen molar-refractivity contribution in [2.45, 2.75) is 25.9 Å². The van der Waals surface area contributed by atoms with Crippen molar-refractivity contribution in [2.24, 2.45) is 0 Å². The molecule has 1 aliphatic rings. The standard InChI is InChI=1S/C25H23N5OS/c1-16-15-20(17(2)29(16)22-8-4-6-14-27-22)24-23(21-7-3-5-13-26-21)28-25(32)30(24)18-9-11-19(31)12-10-18/h3-15,23-24,31H,1-2H3,(H,28,32). The van der Waals surface area contributed by atoms with Gasteiger partial charge in [0.15, 0.2) is 5.11 Å². The Morgan fingerprint density at radius 2 is 1.66 bits per heavy atom. The molecule has 0 bridgehead atoms. The van der Waals surface area contributed by atoms with Crippen LogP contribution in [0.15, 0.2) is 79.1 Å². The molecule has 5 rings (SSSR count). The maximum absolute atomic E-state index is 9.80. The van der Waals surface area contributed by atoms with E-state index in [-0.39, 0.29) is 17.8 Å². The van der Waals surface area contributed by atoms with Gasteiger partial charge in [-0.3, -0.25) is 4.98 Å². The van der Waals surface area contributed by atoms with Crippen molar-refractivity contribution in [1.29, 1.82) is 0 Å². The molecule has 6 nitrogen and oxygen atoms in total. The average Bonchev–Trinajstić information content (AvgIpc) is 3.31. The van der Waals surface area contributed by atoms with Gasteiger partial charge in [0.1, 0.15) is 11.6 Å². The number of phenolic OH excluding ortho intramolecular Hbond substituents is 1. The van der Waals surface area contributed by atoms with Gasteiger partial charge in [0.25, 0.3) is 0 Å². The lowest BCUT2D eigenvalue weighted by molar-refractivity contribution is 0.475. The SMILES string of the molecule is Cc1cc(C2C(c3ccccn3)NC(=S)N2c2ccc(O)cc2)c(C)n1-c1ccccn1. The minimum atomic E-state index is -0.129. The quantitative estimate of drug-likeness (QED) is 0.445. The highest BCUT2D eigenvalue weighted by atomic mass is 32.1. The van der Waals surface area contributed by atoms with Gasteiger partial charge >= 0.3 is 0 Å². The van der Waals surface area contributed by atoms with E-state index in [4.69, 9.17) is 12.2 Å². The molecule has 0 spiro atoms. The van der Waals surface area contributed by atoms with E-state index in [1.807, 2.05) is 48.5 Å². The van der Waals surface area contributed by atoms with Crippen LogP contribution in [0.1, 0.15) is 34.7 Å². The molecule has 1 fully saturated rings. The molecular formula is C25H23N5OS. The van der Waals surface area contributed by atoms with E-state index in [2.05, 4.69) is 44.7 Å². The molecule has 7 heteroatoms. The summed E-state index contributed by atoms with van der Waals surface area (Å²) in [6, 6.07) is 20.9. The van der Waals surface area contributed by atoms with Gasteiger partial charge < -0.3 is 19.9 Å². The van der Waals surface area contributed by atoms with Crippen LogP contribution in [0.5, 0.6) is 5.75 Å². The summed E-state index contributed by atoms with van der Waals surface area (Å²) in [5.74, 6) is 1.10. The average molecular weight is 442 g/mol. The van der Waals surface area contributed by atoms with Crippen LogP contribution in [0.25, 0.3) is 5.82 Å². The highest BCUT2D eigenvalue weighted by Crippen LogP contribution is 2.43. The number of thiocarbonyl (C=S) groups is 1. The van der Waals surface area contributed by atoms with E-state index in [9.17, 15) is 5.11 Å². The van der Waals surface area contributed by atoms with Crippen LogP contribution in [0.3, 0.4) is 0 Å². The van der Waals surface area contributed by atoms with Gasteiger partial charge in [-0.1, -0.05) is 12.1 Å². The molecule has 2 N–H and O–H groups in total. The maximum Gasteiger partial charge on any atom is 0.174 e. The van der Waals surface area contributed by atoms with Crippen LogP contribution in [0, 0.1) is 13.8 Å². The molecular weight excluding hydrogens is 418 g/mol. The van der Waals surface area contributed by atoms with Crippen LogP contribution in [-0.2, 0) is 0 Å². The van der Waals surface area contributed by atoms with E-state index in [0.717, 1.165) is 34.2 Å². The summed E-state index contributed by atoms with van der Waals surface area (Å²) in [5, 5.41) is 13.9.